The Kier molecular flexibility index (Phi) is 13.4. The van der Waals surface area contributed by atoms with Gasteiger partial charge < -0.3 is 78.7 Å². The lowest BCUT2D eigenvalue weighted by Crippen LogP contribution is -2.68. The number of aliphatic hydroxyl groups excluding tert-OH is 7. The molecule has 24 atom stereocenters. The molecule has 0 amide bonds. The van der Waals surface area contributed by atoms with E-state index in [1.807, 2.05) is 6.92 Å². The van der Waals surface area contributed by atoms with Gasteiger partial charge in [0.05, 0.1) is 44.7 Å². The Bertz CT molecular complexity index is 1970. The molecule has 0 aromatic heterocycles. The summed E-state index contributed by atoms with van der Waals surface area (Å²) in [5, 5.41) is 88.5. The molecule has 24 unspecified atom stereocenters. The summed E-state index contributed by atoms with van der Waals surface area (Å²) in [4.78, 5) is 0. The second-order valence-electron chi connectivity index (χ2n) is 23.0. The molecule has 5 aliphatic heterocycles. The van der Waals surface area contributed by atoms with Crippen LogP contribution in [-0.4, -0.2) is 184 Å². The molecule has 5 saturated heterocycles. The molecule has 2 bridgehead atoms. The molecule has 4 aliphatic carbocycles. The fraction of sp³-hybridized carbons (Fsp3) is 0.957. The highest BCUT2D eigenvalue weighted by atomic mass is 32.3. The molecule has 67 heavy (non-hydrogen) atoms. The SMILES string of the molecule is CC(C)=CC1COC23CC4(CO2)C(CCC2C5(C)CCC(OC6OCC(O)C(OC7OC(COS(=O)(=O)O)C(O)C(O)C7OC7OCC(O)C(O)C7O)C6O)C(C)(C)C5CCC24C)C3C1(C)O. The summed E-state index contributed by atoms with van der Waals surface area (Å²) in [6.07, 6.45) is -14.1. The minimum absolute atomic E-state index is 0.0767. The van der Waals surface area contributed by atoms with E-state index in [0.717, 1.165) is 44.1 Å². The Morgan fingerprint density at radius 1 is 0.716 bits per heavy atom. The van der Waals surface area contributed by atoms with Crippen LogP contribution >= 0.6 is 0 Å². The van der Waals surface area contributed by atoms with Crippen LogP contribution in [0.15, 0.2) is 11.6 Å². The first-order valence-electron chi connectivity index (χ1n) is 24.1. The molecule has 0 aromatic rings. The molecule has 0 aromatic carbocycles. The zero-order chi connectivity index (χ0) is 48.6. The number of rotatable bonds is 10. The highest BCUT2D eigenvalue weighted by Crippen LogP contribution is 2.80. The van der Waals surface area contributed by atoms with Gasteiger partial charge in [0.25, 0.3) is 0 Å². The van der Waals surface area contributed by atoms with Crippen molar-refractivity contribution in [3.63, 3.8) is 0 Å². The van der Waals surface area contributed by atoms with Crippen LogP contribution in [-0.2, 0) is 52.5 Å². The second-order valence-corrected chi connectivity index (χ2v) is 24.1. The molecule has 384 valence electrons. The number of hydrogen-bond acceptors (Lipinski definition) is 19. The highest BCUT2D eigenvalue weighted by Gasteiger charge is 2.81. The fourth-order valence-corrected chi connectivity index (χ4v) is 15.9. The maximum absolute atomic E-state index is 12.4. The Morgan fingerprint density at radius 2 is 1.39 bits per heavy atom. The van der Waals surface area contributed by atoms with Crippen molar-refractivity contribution < 1.29 is 95.9 Å². The number of aliphatic hydroxyl groups is 8. The van der Waals surface area contributed by atoms with Crippen LogP contribution in [0.25, 0.3) is 0 Å². The van der Waals surface area contributed by atoms with Crippen molar-refractivity contribution in [1.29, 1.82) is 0 Å². The van der Waals surface area contributed by atoms with Gasteiger partial charge in [-0.05, 0) is 93.3 Å². The lowest BCUT2D eigenvalue weighted by Gasteiger charge is -2.70. The third kappa shape index (κ3) is 8.13. The molecule has 9 rings (SSSR count). The van der Waals surface area contributed by atoms with E-state index in [0.29, 0.717) is 25.6 Å². The van der Waals surface area contributed by atoms with Crippen molar-refractivity contribution in [2.24, 2.45) is 51.2 Å². The van der Waals surface area contributed by atoms with Crippen LogP contribution in [0.4, 0.5) is 0 Å². The monoisotopic (exact) mass is 978 g/mol. The summed E-state index contributed by atoms with van der Waals surface area (Å²) in [6.45, 7) is 14.6. The Morgan fingerprint density at radius 3 is 2.07 bits per heavy atom. The fourth-order valence-electron chi connectivity index (χ4n) is 15.6. The quantitative estimate of drug-likeness (QED) is 0.0808. The third-order valence-corrected chi connectivity index (χ3v) is 19.3. The summed E-state index contributed by atoms with van der Waals surface area (Å²) in [6, 6.07) is 0. The predicted octanol–water partition coefficient (Wildman–Crippen LogP) is 0.290. The second kappa shape index (κ2) is 17.6. The molecule has 9 N–H and O–H groups in total. The van der Waals surface area contributed by atoms with Crippen molar-refractivity contribution in [3.05, 3.63) is 11.6 Å². The molecule has 20 nitrogen and oxygen atoms in total. The van der Waals surface area contributed by atoms with Crippen LogP contribution in [0.3, 0.4) is 0 Å². The maximum Gasteiger partial charge on any atom is 0.397 e. The van der Waals surface area contributed by atoms with E-state index in [9.17, 15) is 53.8 Å². The molecule has 0 radical (unpaired) electrons. The van der Waals surface area contributed by atoms with Crippen molar-refractivity contribution in [1.82, 2.24) is 0 Å². The minimum atomic E-state index is -5.03. The van der Waals surface area contributed by atoms with Gasteiger partial charge in [-0.25, -0.2) is 4.18 Å². The Labute approximate surface area is 392 Å². The Hall–Kier alpha value is -1.03. The normalized spacial score (nSPS) is 54.9. The van der Waals surface area contributed by atoms with Gasteiger partial charge in [0.2, 0.25) is 0 Å². The zero-order valence-electron chi connectivity index (χ0n) is 39.5. The first-order chi connectivity index (χ1) is 31.2. The summed E-state index contributed by atoms with van der Waals surface area (Å²) in [7, 11) is -5.03. The number of fused-ring (bicyclic) bond motifs is 4. The molecule has 9 aliphatic rings. The molecular weight excluding hydrogens is 905 g/mol. The molecule has 9 fully saturated rings. The van der Waals surface area contributed by atoms with Crippen LogP contribution in [0.1, 0.15) is 93.4 Å². The molecule has 5 heterocycles. The summed E-state index contributed by atoms with van der Waals surface area (Å²) >= 11 is 0. The Balaban J connectivity index is 0.913. The van der Waals surface area contributed by atoms with Gasteiger partial charge >= 0.3 is 10.4 Å². The highest BCUT2D eigenvalue weighted by molar-refractivity contribution is 7.80. The maximum atomic E-state index is 12.4. The number of allylic oxidation sites excluding steroid dienone is 1. The van der Waals surface area contributed by atoms with Crippen LogP contribution in [0, 0.1) is 51.2 Å². The first kappa shape index (κ1) is 50.9. The van der Waals surface area contributed by atoms with E-state index >= 15 is 0 Å². The van der Waals surface area contributed by atoms with Gasteiger partial charge in [-0.2, -0.15) is 8.42 Å². The predicted molar refractivity (Wildman–Crippen MR) is 229 cm³/mol. The van der Waals surface area contributed by atoms with Crippen molar-refractivity contribution in [2.45, 2.75) is 191 Å². The van der Waals surface area contributed by atoms with E-state index in [4.69, 9.17) is 37.9 Å². The third-order valence-electron chi connectivity index (χ3n) is 18.8. The van der Waals surface area contributed by atoms with E-state index in [2.05, 4.69) is 51.8 Å². The summed E-state index contributed by atoms with van der Waals surface area (Å²) in [5.74, 6) is -0.225. The minimum Gasteiger partial charge on any atom is -0.389 e. The van der Waals surface area contributed by atoms with E-state index in [1.165, 1.54) is 0 Å². The van der Waals surface area contributed by atoms with Crippen molar-refractivity contribution in [2.75, 3.05) is 33.0 Å². The van der Waals surface area contributed by atoms with Gasteiger partial charge in [-0.15, -0.1) is 0 Å². The van der Waals surface area contributed by atoms with Gasteiger partial charge in [0.15, 0.2) is 24.7 Å². The van der Waals surface area contributed by atoms with E-state index in [-0.39, 0.29) is 46.5 Å². The largest absolute Gasteiger partial charge is 0.397 e. The molecule has 4 saturated carbocycles. The van der Waals surface area contributed by atoms with Gasteiger partial charge in [-0.1, -0.05) is 39.3 Å². The van der Waals surface area contributed by atoms with Crippen molar-refractivity contribution in [3.8, 4) is 0 Å². The van der Waals surface area contributed by atoms with Gasteiger partial charge in [-0.3, -0.25) is 4.55 Å². The number of hydrogen-bond donors (Lipinski definition) is 9. The number of ether oxygens (including phenoxy) is 8. The van der Waals surface area contributed by atoms with Crippen LogP contribution in [0.5, 0.6) is 0 Å². The van der Waals surface area contributed by atoms with Crippen LogP contribution in [0.2, 0.25) is 0 Å². The lowest BCUT2D eigenvalue weighted by atomic mass is 9.35. The van der Waals surface area contributed by atoms with E-state index in [1.54, 1.807) is 0 Å². The summed E-state index contributed by atoms with van der Waals surface area (Å²) in [5.41, 5.74) is -0.566. The average molecular weight is 979 g/mol. The molecular formula is C46H74O20S. The first-order valence-corrected chi connectivity index (χ1v) is 25.5. The molecule has 21 heteroatoms. The standard InChI is InChI=1S/C46H74O20S/c1-21(2)14-22-15-60-46-19-45(20-61-46)23(37(46)44(22,7)54)8-9-28-42(5)12-11-29(41(3,4)27(42)10-13-43(28,45)6)64-39-34(53)35(25(48)17-59-39)65-40-36(66-38-33(52)30(49)24(47)16-58-38)32(51)31(50)26(63-40)18-62-67(55,56)57/h14,22-40,47-54H,8-13,15-20H2,1-7H3,(H,55,56,57). The van der Waals surface area contributed by atoms with Crippen LogP contribution < -0.4 is 0 Å². The summed E-state index contributed by atoms with van der Waals surface area (Å²) < 4.78 is 85.7. The smallest absolute Gasteiger partial charge is 0.389 e. The average Bonchev–Trinajstić information content (AvgIpc) is 3.78. The van der Waals surface area contributed by atoms with Gasteiger partial charge in [0, 0.05) is 23.7 Å². The molecule has 2 spiro atoms. The lowest BCUT2D eigenvalue weighted by molar-refractivity contribution is -0.381. The van der Waals surface area contributed by atoms with Crippen molar-refractivity contribution >= 4 is 10.4 Å². The topological polar surface area (TPSA) is 299 Å². The van der Waals surface area contributed by atoms with Gasteiger partial charge in [0.1, 0.15) is 61.0 Å². The zero-order valence-corrected chi connectivity index (χ0v) is 40.3. The van der Waals surface area contributed by atoms with E-state index < -0.39 is 126 Å².